The van der Waals surface area contributed by atoms with E-state index in [1.165, 1.54) is 24.3 Å². The molecule has 2 aromatic carbocycles. The van der Waals surface area contributed by atoms with Gasteiger partial charge >= 0.3 is 0 Å². The monoisotopic (exact) mass is 316 g/mol. The highest BCUT2D eigenvalue weighted by Gasteiger charge is 2.14. The van der Waals surface area contributed by atoms with Crippen molar-refractivity contribution in [3.05, 3.63) is 69.8 Å². The normalized spacial score (nSPS) is 13.3. The van der Waals surface area contributed by atoms with E-state index in [1.54, 1.807) is 0 Å². The number of anilines is 1. The summed E-state index contributed by atoms with van der Waals surface area (Å²) in [5, 5.41) is 33.9. The van der Waals surface area contributed by atoms with Crippen molar-refractivity contribution in [2.75, 3.05) is 12.4 Å². The highest BCUT2D eigenvalue weighted by Crippen LogP contribution is 2.26. The molecule has 0 spiro atoms. The van der Waals surface area contributed by atoms with Gasteiger partial charge in [0.25, 0.3) is 5.69 Å². The molecule has 0 radical (unpaired) electrons. The standard InChI is InChI=1S/C17H20N2O4/c1-18-14-6-2-12(3-7-14)16(20)10-11-17(21)13-4-8-15(9-5-13)19(22)23/h2-9,16-18,20-21H,10-11H2,1H3. The molecule has 0 aromatic heterocycles. The van der Waals surface area contributed by atoms with Crippen LogP contribution in [0.15, 0.2) is 48.5 Å². The van der Waals surface area contributed by atoms with Gasteiger partial charge in [-0.05, 0) is 48.2 Å². The Bertz CT molecular complexity index is 641. The maximum atomic E-state index is 10.6. The van der Waals surface area contributed by atoms with Crippen LogP contribution in [0.5, 0.6) is 0 Å². The van der Waals surface area contributed by atoms with Crippen molar-refractivity contribution in [2.24, 2.45) is 0 Å². The summed E-state index contributed by atoms with van der Waals surface area (Å²) in [5.41, 5.74) is 2.35. The van der Waals surface area contributed by atoms with E-state index in [2.05, 4.69) is 5.32 Å². The van der Waals surface area contributed by atoms with Gasteiger partial charge < -0.3 is 15.5 Å². The second kappa shape index (κ2) is 7.71. The largest absolute Gasteiger partial charge is 0.388 e. The lowest BCUT2D eigenvalue weighted by Crippen LogP contribution is -2.03. The molecule has 6 heteroatoms. The Hall–Kier alpha value is -2.44. The summed E-state index contributed by atoms with van der Waals surface area (Å²) >= 11 is 0. The maximum absolute atomic E-state index is 10.6. The van der Waals surface area contributed by atoms with Crippen LogP contribution in [-0.2, 0) is 0 Å². The van der Waals surface area contributed by atoms with Crippen LogP contribution in [0.3, 0.4) is 0 Å². The minimum Gasteiger partial charge on any atom is -0.388 e. The highest BCUT2D eigenvalue weighted by atomic mass is 16.6. The number of nitro benzene ring substituents is 1. The minimum atomic E-state index is -0.762. The SMILES string of the molecule is CNc1ccc(C(O)CCC(O)c2ccc([N+](=O)[O-])cc2)cc1. The molecule has 2 unspecified atom stereocenters. The first-order valence-electron chi connectivity index (χ1n) is 7.39. The van der Waals surface area contributed by atoms with E-state index in [0.29, 0.717) is 18.4 Å². The van der Waals surface area contributed by atoms with Crippen LogP contribution in [0.4, 0.5) is 11.4 Å². The molecule has 0 saturated carbocycles. The zero-order valence-corrected chi connectivity index (χ0v) is 12.8. The van der Waals surface area contributed by atoms with Gasteiger partial charge in [-0.1, -0.05) is 12.1 Å². The summed E-state index contributed by atoms with van der Waals surface area (Å²) in [4.78, 5) is 10.1. The van der Waals surface area contributed by atoms with Gasteiger partial charge in [-0.25, -0.2) is 0 Å². The molecule has 0 heterocycles. The van der Waals surface area contributed by atoms with Crippen LogP contribution in [0.2, 0.25) is 0 Å². The second-order valence-corrected chi connectivity index (χ2v) is 5.33. The fraction of sp³-hybridized carbons (Fsp3) is 0.294. The van der Waals surface area contributed by atoms with Crippen molar-refractivity contribution in [3.8, 4) is 0 Å². The molecule has 2 aromatic rings. The molecule has 23 heavy (non-hydrogen) atoms. The number of aliphatic hydroxyl groups excluding tert-OH is 2. The second-order valence-electron chi connectivity index (χ2n) is 5.33. The molecule has 0 amide bonds. The zero-order valence-electron chi connectivity index (χ0n) is 12.8. The third kappa shape index (κ3) is 4.51. The van der Waals surface area contributed by atoms with Gasteiger partial charge in [0.05, 0.1) is 17.1 Å². The van der Waals surface area contributed by atoms with Gasteiger partial charge in [0.2, 0.25) is 0 Å². The summed E-state index contributed by atoms with van der Waals surface area (Å²) in [5.74, 6) is 0. The summed E-state index contributed by atoms with van der Waals surface area (Å²) in [6.45, 7) is 0. The lowest BCUT2D eigenvalue weighted by Gasteiger charge is -2.15. The summed E-state index contributed by atoms with van der Waals surface area (Å²) in [6, 6.07) is 13.3. The van der Waals surface area contributed by atoms with Crippen molar-refractivity contribution in [2.45, 2.75) is 25.0 Å². The van der Waals surface area contributed by atoms with Crippen LogP contribution in [0.25, 0.3) is 0 Å². The number of rotatable bonds is 7. The third-order valence-corrected chi connectivity index (χ3v) is 3.79. The molecule has 0 aliphatic heterocycles. The number of hydrogen-bond donors (Lipinski definition) is 3. The number of hydrogen-bond acceptors (Lipinski definition) is 5. The summed E-state index contributed by atoms with van der Waals surface area (Å²) < 4.78 is 0. The van der Waals surface area contributed by atoms with Gasteiger partial charge in [-0.3, -0.25) is 10.1 Å². The first-order valence-corrected chi connectivity index (χ1v) is 7.39. The number of nitro groups is 1. The Balaban J connectivity index is 1.92. The van der Waals surface area contributed by atoms with E-state index in [0.717, 1.165) is 11.3 Å². The molecule has 6 nitrogen and oxygen atoms in total. The number of benzene rings is 2. The molecule has 2 rings (SSSR count). The Labute approximate surface area is 134 Å². The maximum Gasteiger partial charge on any atom is 0.269 e. The van der Waals surface area contributed by atoms with Gasteiger partial charge in [0, 0.05) is 24.9 Å². The molecule has 0 saturated heterocycles. The molecule has 0 aliphatic carbocycles. The molecule has 122 valence electrons. The van der Waals surface area contributed by atoms with Gasteiger partial charge in [0.15, 0.2) is 0 Å². The molecule has 0 aliphatic rings. The van der Waals surface area contributed by atoms with Crippen molar-refractivity contribution >= 4 is 11.4 Å². The van der Waals surface area contributed by atoms with Crippen LogP contribution < -0.4 is 5.32 Å². The average Bonchev–Trinajstić information content (AvgIpc) is 2.59. The van der Waals surface area contributed by atoms with E-state index in [1.807, 2.05) is 31.3 Å². The van der Waals surface area contributed by atoms with Crippen molar-refractivity contribution in [1.82, 2.24) is 0 Å². The molecular weight excluding hydrogens is 296 g/mol. The fourth-order valence-corrected chi connectivity index (χ4v) is 2.34. The predicted molar refractivity (Wildman–Crippen MR) is 88.2 cm³/mol. The van der Waals surface area contributed by atoms with Crippen LogP contribution in [0, 0.1) is 10.1 Å². The average molecular weight is 316 g/mol. The molecule has 0 fully saturated rings. The van der Waals surface area contributed by atoms with Crippen molar-refractivity contribution < 1.29 is 15.1 Å². The summed E-state index contributed by atoms with van der Waals surface area (Å²) in [6.07, 6.45) is -0.653. The number of aliphatic hydroxyl groups is 2. The quantitative estimate of drug-likeness (QED) is 0.538. The number of nitrogens with zero attached hydrogens (tertiary/aromatic N) is 1. The van der Waals surface area contributed by atoms with E-state index >= 15 is 0 Å². The van der Waals surface area contributed by atoms with Crippen LogP contribution in [-0.4, -0.2) is 22.2 Å². The first-order chi connectivity index (χ1) is 11.0. The first kappa shape index (κ1) is 16.9. The Morgan fingerprint density at radius 1 is 0.957 bits per heavy atom. The van der Waals surface area contributed by atoms with E-state index in [9.17, 15) is 20.3 Å². The third-order valence-electron chi connectivity index (χ3n) is 3.79. The lowest BCUT2D eigenvalue weighted by atomic mass is 9.99. The zero-order chi connectivity index (χ0) is 16.8. The Morgan fingerprint density at radius 2 is 1.39 bits per heavy atom. The molecular formula is C17H20N2O4. The number of nitrogens with one attached hydrogen (secondary N) is 1. The number of non-ortho nitro benzene ring substituents is 1. The molecule has 3 N–H and O–H groups in total. The fourth-order valence-electron chi connectivity index (χ4n) is 2.34. The lowest BCUT2D eigenvalue weighted by molar-refractivity contribution is -0.384. The minimum absolute atomic E-state index is 0.00870. The van der Waals surface area contributed by atoms with E-state index in [4.69, 9.17) is 0 Å². The molecule has 2 atom stereocenters. The van der Waals surface area contributed by atoms with Gasteiger partial charge in [0.1, 0.15) is 0 Å². The summed E-state index contributed by atoms with van der Waals surface area (Å²) in [7, 11) is 1.83. The predicted octanol–water partition coefficient (Wildman–Crippen LogP) is 3.18. The molecule has 0 bridgehead atoms. The van der Waals surface area contributed by atoms with E-state index < -0.39 is 17.1 Å². The van der Waals surface area contributed by atoms with Gasteiger partial charge in [-0.15, -0.1) is 0 Å². The van der Waals surface area contributed by atoms with Gasteiger partial charge in [-0.2, -0.15) is 0 Å². The van der Waals surface area contributed by atoms with E-state index in [-0.39, 0.29) is 5.69 Å². The Kier molecular flexibility index (Phi) is 5.67. The van der Waals surface area contributed by atoms with Crippen LogP contribution >= 0.6 is 0 Å². The highest BCUT2D eigenvalue weighted by molar-refractivity contribution is 5.44. The topological polar surface area (TPSA) is 95.6 Å². The van der Waals surface area contributed by atoms with Crippen molar-refractivity contribution in [1.29, 1.82) is 0 Å². The van der Waals surface area contributed by atoms with Crippen molar-refractivity contribution in [3.63, 3.8) is 0 Å². The Morgan fingerprint density at radius 3 is 1.78 bits per heavy atom. The van der Waals surface area contributed by atoms with Crippen LogP contribution in [0.1, 0.15) is 36.2 Å². The smallest absolute Gasteiger partial charge is 0.269 e.